The van der Waals surface area contributed by atoms with E-state index in [1.54, 1.807) is 7.05 Å². The van der Waals surface area contributed by atoms with Gasteiger partial charge in [-0.3, -0.25) is 0 Å². The van der Waals surface area contributed by atoms with E-state index in [1.165, 1.54) is 12.8 Å². The minimum Gasteiger partial charge on any atom is -0.389 e. The van der Waals surface area contributed by atoms with E-state index in [2.05, 4.69) is 18.2 Å². The first-order chi connectivity index (χ1) is 9.83. The topological polar surface area (TPSA) is 49.7 Å². The fraction of sp³-hybridized carbons (Fsp3) is 0.647. The quantitative estimate of drug-likeness (QED) is 0.931. The Bertz CT molecular complexity index is 650. The normalized spacial score (nSPS) is 41.0. The summed E-state index contributed by atoms with van der Waals surface area (Å²) in [5.74, 6) is 1.02. The Morgan fingerprint density at radius 1 is 1.38 bits per heavy atom. The number of hydrogen-bond acceptors (Lipinski definition) is 3. The summed E-state index contributed by atoms with van der Waals surface area (Å²) in [4.78, 5) is 0.734. The van der Waals surface area contributed by atoms with Crippen LogP contribution in [0.5, 0.6) is 0 Å². The zero-order valence-electron chi connectivity index (χ0n) is 13.1. The van der Waals surface area contributed by atoms with Crippen molar-refractivity contribution in [1.82, 2.24) is 0 Å². The highest BCUT2D eigenvalue weighted by molar-refractivity contribution is 7.93. The highest BCUT2D eigenvalue weighted by Gasteiger charge is 2.61. The van der Waals surface area contributed by atoms with Crippen molar-refractivity contribution in [3.05, 3.63) is 30.3 Å². The summed E-state index contributed by atoms with van der Waals surface area (Å²) in [6.07, 6.45) is 3.13. The molecule has 21 heavy (non-hydrogen) atoms. The molecule has 2 aliphatic rings. The van der Waals surface area contributed by atoms with E-state index in [0.717, 1.165) is 11.3 Å². The van der Waals surface area contributed by atoms with Crippen molar-refractivity contribution < 1.29 is 9.32 Å². The molecular weight excluding hydrogens is 282 g/mol. The van der Waals surface area contributed by atoms with Crippen LogP contribution in [-0.4, -0.2) is 27.7 Å². The van der Waals surface area contributed by atoms with Gasteiger partial charge < -0.3 is 5.11 Å². The summed E-state index contributed by atoms with van der Waals surface area (Å²) in [6.45, 7) is 4.39. The molecule has 0 aromatic heterocycles. The summed E-state index contributed by atoms with van der Waals surface area (Å²) >= 11 is 0. The van der Waals surface area contributed by atoms with Gasteiger partial charge in [-0.05, 0) is 48.6 Å². The first-order valence-electron chi connectivity index (χ1n) is 7.73. The molecule has 1 aromatic rings. The van der Waals surface area contributed by atoms with Crippen molar-refractivity contribution in [1.29, 1.82) is 0 Å². The first kappa shape index (κ1) is 15.0. The summed E-state index contributed by atoms with van der Waals surface area (Å²) < 4.78 is 17.5. The average molecular weight is 307 g/mol. The van der Waals surface area contributed by atoms with Gasteiger partial charge >= 0.3 is 0 Å². The Hall–Kier alpha value is -0.870. The van der Waals surface area contributed by atoms with Gasteiger partial charge in [0, 0.05) is 11.9 Å². The van der Waals surface area contributed by atoms with E-state index in [-0.39, 0.29) is 17.1 Å². The molecule has 0 aliphatic heterocycles. The van der Waals surface area contributed by atoms with Crippen molar-refractivity contribution in [2.24, 2.45) is 21.6 Å². The van der Waals surface area contributed by atoms with E-state index in [1.807, 2.05) is 30.3 Å². The molecular formula is C17H25NO2S. The lowest BCUT2D eigenvalue weighted by Gasteiger charge is -2.43. The second kappa shape index (κ2) is 4.82. The molecule has 1 aromatic carbocycles. The van der Waals surface area contributed by atoms with Crippen LogP contribution in [0.25, 0.3) is 0 Å². The highest BCUT2D eigenvalue weighted by atomic mass is 32.2. The van der Waals surface area contributed by atoms with Gasteiger partial charge in [0.05, 0.1) is 21.1 Å². The van der Waals surface area contributed by atoms with Gasteiger partial charge in [-0.25, -0.2) is 8.57 Å². The Morgan fingerprint density at radius 2 is 2.05 bits per heavy atom. The van der Waals surface area contributed by atoms with E-state index < -0.39 is 15.3 Å². The third kappa shape index (κ3) is 2.23. The Morgan fingerprint density at radius 3 is 2.48 bits per heavy atom. The van der Waals surface area contributed by atoms with Gasteiger partial charge in [0.1, 0.15) is 0 Å². The van der Waals surface area contributed by atoms with Crippen molar-refractivity contribution in [3.8, 4) is 0 Å². The molecule has 0 spiro atoms. The van der Waals surface area contributed by atoms with Crippen LogP contribution in [-0.2, 0) is 9.73 Å². The number of hydrogen-bond donors (Lipinski definition) is 1. The lowest BCUT2D eigenvalue weighted by molar-refractivity contribution is 0.0222. The molecule has 0 saturated heterocycles. The molecule has 2 aliphatic carbocycles. The van der Waals surface area contributed by atoms with Gasteiger partial charge in [0.15, 0.2) is 0 Å². The molecule has 0 heterocycles. The molecule has 3 nitrogen and oxygen atoms in total. The summed E-state index contributed by atoms with van der Waals surface area (Å²) in [7, 11) is -0.945. The van der Waals surface area contributed by atoms with Gasteiger partial charge in [-0.1, -0.05) is 32.0 Å². The summed E-state index contributed by atoms with van der Waals surface area (Å²) in [6, 6.07) is 9.39. The molecule has 0 radical (unpaired) electrons. The number of aliphatic hydroxyl groups is 1. The second-order valence-corrected chi connectivity index (χ2v) is 9.55. The molecule has 5 atom stereocenters. The van der Waals surface area contributed by atoms with Crippen LogP contribution in [0, 0.1) is 17.3 Å². The zero-order valence-corrected chi connectivity index (χ0v) is 13.9. The fourth-order valence-corrected chi connectivity index (χ4v) is 6.65. The molecule has 3 rings (SSSR count). The van der Waals surface area contributed by atoms with E-state index in [0.29, 0.717) is 5.92 Å². The van der Waals surface area contributed by atoms with Crippen LogP contribution in [0.2, 0.25) is 0 Å². The predicted octanol–water partition coefficient (Wildman–Crippen LogP) is 3.33. The van der Waals surface area contributed by atoms with Crippen LogP contribution in [0.4, 0.5) is 0 Å². The maximum Gasteiger partial charge on any atom is 0.0808 e. The first-order valence-corrected chi connectivity index (χ1v) is 9.42. The fourth-order valence-electron chi connectivity index (χ4n) is 4.52. The summed E-state index contributed by atoms with van der Waals surface area (Å²) in [5.41, 5.74) is -0.624. The van der Waals surface area contributed by atoms with Crippen molar-refractivity contribution in [3.63, 3.8) is 0 Å². The third-order valence-corrected chi connectivity index (χ3v) is 8.42. The largest absolute Gasteiger partial charge is 0.389 e. The van der Waals surface area contributed by atoms with Gasteiger partial charge in [-0.15, -0.1) is 0 Å². The smallest absolute Gasteiger partial charge is 0.0808 e. The molecule has 2 saturated carbocycles. The van der Waals surface area contributed by atoms with E-state index in [4.69, 9.17) is 0 Å². The predicted molar refractivity (Wildman–Crippen MR) is 85.6 cm³/mol. The lowest BCUT2D eigenvalue weighted by atomic mass is 9.62. The van der Waals surface area contributed by atoms with Crippen molar-refractivity contribution in [2.75, 3.05) is 12.8 Å². The number of fused-ring (bicyclic) bond motifs is 1. The van der Waals surface area contributed by atoms with E-state index in [9.17, 15) is 9.32 Å². The lowest BCUT2D eigenvalue weighted by Crippen LogP contribution is -2.40. The minimum atomic E-state index is -2.55. The molecule has 1 N–H and O–H groups in total. The molecule has 0 amide bonds. The maximum absolute atomic E-state index is 13.3. The van der Waals surface area contributed by atoms with Crippen LogP contribution >= 0.6 is 0 Å². The zero-order chi connectivity index (χ0) is 15.3. The van der Waals surface area contributed by atoms with Gasteiger partial charge in [0.2, 0.25) is 0 Å². The molecule has 2 fully saturated rings. The second-order valence-electron chi connectivity index (χ2n) is 7.15. The Labute approximate surface area is 128 Å². The van der Waals surface area contributed by atoms with Gasteiger partial charge in [-0.2, -0.15) is 0 Å². The standard InChI is InChI=1S/C17H25NO2S/c1-13-15-9-10-16(15,2)11-17(13,19)12-21(20,18-3)14-7-5-4-6-8-14/h4-8,13,15,19H,9-12H2,1-3H3/t13-,15+,16-,17-,21-/m0/s1. The number of rotatable bonds is 3. The van der Waals surface area contributed by atoms with Gasteiger partial charge in [0.25, 0.3) is 0 Å². The van der Waals surface area contributed by atoms with Crippen LogP contribution in [0.15, 0.2) is 39.6 Å². The monoisotopic (exact) mass is 307 g/mol. The van der Waals surface area contributed by atoms with Crippen molar-refractivity contribution >= 4 is 9.73 Å². The molecule has 116 valence electrons. The third-order valence-electron chi connectivity index (χ3n) is 5.93. The number of nitrogens with zero attached hydrogens (tertiary/aromatic N) is 1. The number of benzene rings is 1. The van der Waals surface area contributed by atoms with E-state index >= 15 is 0 Å². The van der Waals surface area contributed by atoms with Crippen molar-refractivity contribution in [2.45, 2.75) is 43.6 Å². The molecule has 4 heteroatoms. The summed E-state index contributed by atoms with van der Waals surface area (Å²) in [5, 5.41) is 11.2. The van der Waals surface area contributed by atoms with Crippen LogP contribution in [0.1, 0.15) is 33.1 Å². The minimum absolute atomic E-state index is 0.197. The Kier molecular flexibility index (Phi) is 3.45. The maximum atomic E-state index is 13.3. The molecule has 0 unspecified atom stereocenters. The molecule has 0 bridgehead atoms. The van der Waals surface area contributed by atoms with Crippen LogP contribution in [0.3, 0.4) is 0 Å². The highest BCUT2D eigenvalue weighted by Crippen LogP contribution is 2.63. The Balaban J connectivity index is 1.94. The SMILES string of the molecule is CN=[S@](=O)(C[C@@]1(O)C[C@]2(C)CC[C@@H]2[C@@H]1C)c1ccccc1. The van der Waals surface area contributed by atoms with Crippen LogP contribution < -0.4 is 0 Å². The average Bonchev–Trinajstić information content (AvgIpc) is 2.58.